The van der Waals surface area contributed by atoms with Crippen LogP contribution in [0, 0.1) is 0 Å². The Morgan fingerprint density at radius 2 is 1.63 bits per heavy atom. The number of H-pyrrole nitrogens is 1. The number of nitrogens with one attached hydrogen (secondary N) is 2. The molecule has 3 aromatic carbocycles. The van der Waals surface area contributed by atoms with Crippen molar-refractivity contribution in [3.8, 4) is 28.3 Å². The average Bonchev–Trinajstić information content (AvgIpc) is 3.28. The molecule has 1 heterocycles. The van der Waals surface area contributed by atoms with Crippen molar-refractivity contribution in [2.45, 2.75) is 6.54 Å². The summed E-state index contributed by atoms with van der Waals surface area (Å²) in [5.74, 6) is 1.45. The Morgan fingerprint density at radius 3 is 2.30 bits per heavy atom. The van der Waals surface area contributed by atoms with Crippen LogP contribution in [-0.2, 0) is 6.54 Å². The number of methoxy groups -OCH3 is 1. The maximum atomic E-state index is 5.21. The minimum absolute atomic E-state index is 0.586. The van der Waals surface area contributed by atoms with Crippen LogP contribution in [0.2, 0.25) is 0 Å². The lowest BCUT2D eigenvalue weighted by atomic mass is 10.0. The van der Waals surface area contributed by atoms with Crippen molar-refractivity contribution in [1.82, 2.24) is 20.6 Å². The highest BCUT2D eigenvalue weighted by atomic mass is 16.5. The van der Waals surface area contributed by atoms with Gasteiger partial charge < -0.3 is 10.1 Å². The molecule has 134 valence electrons. The molecule has 0 fully saturated rings. The summed E-state index contributed by atoms with van der Waals surface area (Å²) in [5, 5.41) is 17.5. The van der Waals surface area contributed by atoms with Crippen molar-refractivity contribution in [3.63, 3.8) is 0 Å². The van der Waals surface area contributed by atoms with Gasteiger partial charge in [0.05, 0.1) is 7.11 Å². The number of hydrogen-bond donors (Lipinski definition) is 2. The molecule has 2 N–H and O–H groups in total. The molecule has 6 heteroatoms. The van der Waals surface area contributed by atoms with Crippen molar-refractivity contribution >= 4 is 5.69 Å². The maximum Gasteiger partial charge on any atom is 0.204 e. The highest BCUT2D eigenvalue weighted by Crippen LogP contribution is 2.23. The van der Waals surface area contributed by atoms with E-state index in [1.165, 1.54) is 16.7 Å². The van der Waals surface area contributed by atoms with Crippen LogP contribution in [0.1, 0.15) is 5.56 Å². The normalized spacial score (nSPS) is 10.6. The van der Waals surface area contributed by atoms with Crippen LogP contribution in [0.25, 0.3) is 22.5 Å². The lowest BCUT2D eigenvalue weighted by Gasteiger charge is -2.09. The summed E-state index contributed by atoms with van der Waals surface area (Å²) in [5.41, 5.74) is 5.49. The molecule has 0 saturated carbocycles. The zero-order valence-electron chi connectivity index (χ0n) is 14.9. The Balaban J connectivity index is 1.42. The fourth-order valence-electron chi connectivity index (χ4n) is 2.85. The Bertz CT molecular complexity index is 996. The average molecular weight is 357 g/mol. The minimum atomic E-state index is 0.586. The van der Waals surface area contributed by atoms with Gasteiger partial charge in [-0.2, -0.15) is 5.21 Å². The highest BCUT2D eigenvalue weighted by Gasteiger charge is 2.04. The number of ether oxygens (including phenoxy) is 1. The van der Waals surface area contributed by atoms with Crippen LogP contribution in [0.3, 0.4) is 0 Å². The summed E-state index contributed by atoms with van der Waals surface area (Å²) in [6.45, 7) is 0.735. The van der Waals surface area contributed by atoms with Gasteiger partial charge >= 0.3 is 0 Å². The van der Waals surface area contributed by atoms with Gasteiger partial charge in [-0.3, -0.25) is 0 Å². The molecular weight excluding hydrogens is 338 g/mol. The van der Waals surface area contributed by atoms with Crippen LogP contribution in [0.5, 0.6) is 5.75 Å². The molecule has 27 heavy (non-hydrogen) atoms. The number of anilines is 1. The van der Waals surface area contributed by atoms with Crippen LogP contribution >= 0.6 is 0 Å². The number of aromatic nitrogens is 4. The van der Waals surface area contributed by atoms with E-state index in [4.69, 9.17) is 4.74 Å². The van der Waals surface area contributed by atoms with Gasteiger partial charge in [-0.15, -0.1) is 10.2 Å². The molecule has 0 aliphatic carbocycles. The maximum absolute atomic E-state index is 5.21. The lowest BCUT2D eigenvalue weighted by molar-refractivity contribution is 0.415. The number of tetrazole rings is 1. The smallest absolute Gasteiger partial charge is 0.204 e. The second-order valence-electron chi connectivity index (χ2n) is 6.10. The van der Waals surface area contributed by atoms with Gasteiger partial charge in [0, 0.05) is 17.8 Å². The lowest BCUT2D eigenvalue weighted by Crippen LogP contribution is -1.99. The standard InChI is InChI=1S/C21H19N5O/c1-27-20-11-9-17(10-12-20)16-7-5-15(6-8-16)14-22-19-4-2-3-18(13-19)21-23-25-26-24-21/h2-13,22H,14H2,1H3,(H,23,24,25,26). The van der Waals surface area contributed by atoms with Crippen LogP contribution in [-0.4, -0.2) is 27.7 Å². The molecule has 0 unspecified atom stereocenters. The van der Waals surface area contributed by atoms with E-state index in [1.54, 1.807) is 7.11 Å². The molecule has 0 aliphatic rings. The van der Waals surface area contributed by atoms with E-state index in [2.05, 4.69) is 62.3 Å². The van der Waals surface area contributed by atoms with Gasteiger partial charge in [0.15, 0.2) is 0 Å². The van der Waals surface area contributed by atoms with Gasteiger partial charge in [0.1, 0.15) is 5.75 Å². The van der Waals surface area contributed by atoms with Crippen molar-refractivity contribution < 1.29 is 4.74 Å². The van der Waals surface area contributed by atoms with E-state index in [0.717, 1.165) is 23.5 Å². The molecule has 0 aliphatic heterocycles. The first-order chi connectivity index (χ1) is 13.3. The molecule has 0 radical (unpaired) electrons. The molecule has 0 bridgehead atoms. The molecule has 4 aromatic rings. The fraction of sp³-hybridized carbons (Fsp3) is 0.0952. The molecule has 0 amide bonds. The van der Waals surface area contributed by atoms with Gasteiger partial charge in [0.2, 0.25) is 5.82 Å². The summed E-state index contributed by atoms with van der Waals surface area (Å²) < 4.78 is 5.21. The van der Waals surface area contributed by atoms with E-state index in [0.29, 0.717) is 5.82 Å². The van der Waals surface area contributed by atoms with Gasteiger partial charge in [-0.1, -0.05) is 48.5 Å². The van der Waals surface area contributed by atoms with E-state index in [9.17, 15) is 0 Å². The molecule has 0 atom stereocenters. The second kappa shape index (κ2) is 7.70. The Labute approximate surface area is 157 Å². The van der Waals surface area contributed by atoms with Crippen molar-refractivity contribution in [2.24, 2.45) is 0 Å². The summed E-state index contributed by atoms with van der Waals surface area (Å²) in [7, 11) is 1.68. The summed E-state index contributed by atoms with van der Waals surface area (Å²) in [4.78, 5) is 0. The molecule has 4 rings (SSSR count). The fourth-order valence-corrected chi connectivity index (χ4v) is 2.85. The van der Waals surface area contributed by atoms with Crippen LogP contribution in [0.15, 0.2) is 72.8 Å². The van der Waals surface area contributed by atoms with E-state index in [-0.39, 0.29) is 0 Å². The Kier molecular flexibility index (Phi) is 4.78. The van der Waals surface area contributed by atoms with Crippen molar-refractivity contribution in [1.29, 1.82) is 0 Å². The Morgan fingerprint density at radius 1 is 0.889 bits per heavy atom. The zero-order valence-corrected chi connectivity index (χ0v) is 14.9. The third kappa shape index (κ3) is 3.95. The molecular formula is C21H19N5O. The summed E-state index contributed by atoms with van der Waals surface area (Å²) >= 11 is 0. The number of benzene rings is 3. The topological polar surface area (TPSA) is 75.7 Å². The van der Waals surface area contributed by atoms with Crippen molar-refractivity contribution in [2.75, 3.05) is 12.4 Å². The molecule has 0 saturated heterocycles. The monoisotopic (exact) mass is 357 g/mol. The quantitative estimate of drug-likeness (QED) is 0.542. The summed E-state index contributed by atoms with van der Waals surface area (Å²) in [6, 6.07) is 24.6. The number of hydrogen-bond acceptors (Lipinski definition) is 5. The van der Waals surface area contributed by atoms with Gasteiger partial charge in [-0.05, 0) is 46.2 Å². The number of nitrogens with zero attached hydrogens (tertiary/aromatic N) is 3. The van der Waals surface area contributed by atoms with E-state index >= 15 is 0 Å². The second-order valence-corrected chi connectivity index (χ2v) is 6.10. The third-order valence-corrected chi connectivity index (χ3v) is 4.34. The van der Waals surface area contributed by atoms with Gasteiger partial charge in [0.25, 0.3) is 0 Å². The van der Waals surface area contributed by atoms with Crippen LogP contribution < -0.4 is 10.1 Å². The summed E-state index contributed by atoms with van der Waals surface area (Å²) in [6.07, 6.45) is 0. The number of rotatable bonds is 6. The van der Waals surface area contributed by atoms with Crippen LogP contribution in [0.4, 0.5) is 5.69 Å². The SMILES string of the molecule is COc1ccc(-c2ccc(CNc3cccc(-c4nn[nH]n4)c3)cc2)cc1. The highest BCUT2D eigenvalue weighted by molar-refractivity contribution is 5.65. The largest absolute Gasteiger partial charge is 0.497 e. The number of aromatic amines is 1. The minimum Gasteiger partial charge on any atom is -0.497 e. The molecule has 0 spiro atoms. The van der Waals surface area contributed by atoms with E-state index in [1.807, 2.05) is 36.4 Å². The first-order valence-corrected chi connectivity index (χ1v) is 8.63. The predicted molar refractivity (Wildman–Crippen MR) is 105 cm³/mol. The molecule has 1 aromatic heterocycles. The third-order valence-electron chi connectivity index (χ3n) is 4.34. The Hall–Kier alpha value is -3.67. The first kappa shape index (κ1) is 16.8. The first-order valence-electron chi connectivity index (χ1n) is 8.63. The van der Waals surface area contributed by atoms with Gasteiger partial charge in [-0.25, -0.2) is 0 Å². The molecule has 6 nitrogen and oxygen atoms in total. The van der Waals surface area contributed by atoms with E-state index < -0.39 is 0 Å². The zero-order chi connectivity index (χ0) is 18.5. The van der Waals surface area contributed by atoms with Crippen molar-refractivity contribution in [3.05, 3.63) is 78.4 Å². The predicted octanol–water partition coefficient (Wildman–Crippen LogP) is 4.15.